The molecule has 2 aromatic heterocycles. The molecule has 0 spiro atoms. The normalized spacial score (nSPS) is 11.1. The second-order valence-electron chi connectivity index (χ2n) is 4.00. The molecule has 0 amide bonds. The summed E-state index contributed by atoms with van der Waals surface area (Å²) in [6.45, 7) is 2.22. The smallest absolute Gasteiger partial charge is 0.177 e. The van der Waals surface area contributed by atoms with Crippen molar-refractivity contribution < 1.29 is 0 Å². The highest BCUT2D eigenvalue weighted by Crippen LogP contribution is 2.13. The van der Waals surface area contributed by atoms with Gasteiger partial charge in [0.15, 0.2) is 5.65 Å². The predicted molar refractivity (Wildman–Crippen MR) is 61.7 cm³/mol. The van der Waals surface area contributed by atoms with Gasteiger partial charge in [-0.25, -0.2) is 9.97 Å². The Bertz CT molecular complexity index is 445. The molecule has 3 heteroatoms. The summed E-state index contributed by atoms with van der Waals surface area (Å²) in [5, 5.41) is 0. The zero-order valence-corrected chi connectivity index (χ0v) is 9.40. The van der Waals surface area contributed by atoms with Gasteiger partial charge < -0.3 is 4.57 Å². The van der Waals surface area contributed by atoms with Crippen molar-refractivity contribution >= 4 is 11.2 Å². The standard InChI is InChI=1S/C12H17N3/c1-3-4-5-6-10-7-11-12(13-8-10)14-9-15(11)2/h7-9H,3-6H2,1-2H3. The number of rotatable bonds is 4. The van der Waals surface area contributed by atoms with Crippen LogP contribution in [0.15, 0.2) is 18.6 Å². The molecule has 0 unspecified atom stereocenters. The molecule has 0 aliphatic carbocycles. The predicted octanol–water partition coefficient (Wildman–Crippen LogP) is 2.70. The Morgan fingerprint density at radius 3 is 2.93 bits per heavy atom. The number of imidazole rings is 1. The second kappa shape index (κ2) is 4.43. The molecule has 0 saturated heterocycles. The Morgan fingerprint density at radius 2 is 2.13 bits per heavy atom. The van der Waals surface area contributed by atoms with E-state index in [1.54, 1.807) is 0 Å². The maximum Gasteiger partial charge on any atom is 0.177 e. The van der Waals surface area contributed by atoms with Gasteiger partial charge in [0.25, 0.3) is 0 Å². The Labute approximate surface area is 90.2 Å². The van der Waals surface area contributed by atoms with Crippen LogP contribution in [0.2, 0.25) is 0 Å². The Hall–Kier alpha value is -1.38. The van der Waals surface area contributed by atoms with Crippen molar-refractivity contribution in [1.82, 2.24) is 14.5 Å². The molecule has 0 saturated carbocycles. The molecule has 0 N–H and O–H groups in total. The maximum atomic E-state index is 4.35. The first-order valence-corrected chi connectivity index (χ1v) is 5.57. The van der Waals surface area contributed by atoms with Gasteiger partial charge in [-0.3, -0.25) is 0 Å². The quantitative estimate of drug-likeness (QED) is 0.715. The highest BCUT2D eigenvalue weighted by atomic mass is 15.0. The van der Waals surface area contributed by atoms with Crippen LogP contribution in [0.5, 0.6) is 0 Å². The lowest BCUT2D eigenvalue weighted by atomic mass is 10.1. The summed E-state index contributed by atoms with van der Waals surface area (Å²) in [5.41, 5.74) is 3.29. The SMILES string of the molecule is CCCCCc1cnc2ncn(C)c2c1. The van der Waals surface area contributed by atoms with Crippen molar-refractivity contribution in [1.29, 1.82) is 0 Å². The van der Waals surface area contributed by atoms with E-state index < -0.39 is 0 Å². The Morgan fingerprint density at radius 1 is 1.27 bits per heavy atom. The van der Waals surface area contributed by atoms with Crippen LogP contribution >= 0.6 is 0 Å². The summed E-state index contributed by atoms with van der Waals surface area (Å²) >= 11 is 0. The van der Waals surface area contributed by atoms with Crippen LogP contribution in [-0.2, 0) is 13.5 Å². The molecule has 0 fully saturated rings. The van der Waals surface area contributed by atoms with E-state index in [1.165, 1.54) is 24.8 Å². The van der Waals surface area contributed by atoms with E-state index in [4.69, 9.17) is 0 Å². The van der Waals surface area contributed by atoms with Crippen LogP contribution in [-0.4, -0.2) is 14.5 Å². The van der Waals surface area contributed by atoms with Gasteiger partial charge in [-0.1, -0.05) is 19.8 Å². The summed E-state index contributed by atoms with van der Waals surface area (Å²) in [6, 6.07) is 2.20. The average Bonchev–Trinajstić information content (AvgIpc) is 2.61. The minimum atomic E-state index is 0.844. The average molecular weight is 203 g/mol. The Balaban J connectivity index is 2.18. The summed E-state index contributed by atoms with van der Waals surface area (Å²) < 4.78 is 2.02. The molecule has 15 heavy (non-hydrogen) atoms. The Kier molecular flexibility index (Phi) is 2.99. The van der Waals surface area contributed by atoms with Crippen LogP contribution in [0.1, 0.15) is 31.7 Å². The number of nitrogens with zero attached hydrogens (tertiary/aromatic N) is 3. The summed E-state index contributed by atoms with van der Waals surface area (Å²) in [5.74, 6) is 0. The molecule has 0 aliphatic rings. The molecule has 2 heterocycles. The van der Waals surface area contributed by atoms with E-state index in [9.17, 15) is 0 Å². The van der Waals surface area contributed by atoms with Gasteiger partial charge in [0.05, 0.1) is 11.8 Å². The number of hydrogen-bond donors (Lipinski definition) is 0. The third-order valence-electron chi connectivity index (χ3n) is 2.71. The topological polar surface area (TPSA) is 30.7 Å². The van der Waals surface area contributed by atoms with Crippen LogP contribution in [0.4, 0.5) is 0 Å². The van der Waals surface area contributed by atoms with Gasteiger partial charge in [0.2, 0.25) is 0 Å². The largest absolute Gasteiger partial charge is 0.332 e. The molecule has 0 radical (unpaired) electrons. The maximum absolute atomic E-state index is 4.35. The number of pyridine rings is 1. The van der Waals surface area contributed by atoms with Crippen molar-refractivity contribution in [3.05, 3.63) is 24.2 Å². The molecule has 0 aromatic carbocycles. The third-order valence-corrected chi connectivity index (χ3v) is 2.71. The first-order chi connectivity index (χ1) is 7.31. The fourth-order valence-electron chi connectivity index (χ4n) is 1.77. The van der Waals surface area contributed by atoms with Crippen LogP contribution in [0.25, 0.3) is 11.2 Å². The van der Waals surface area contributed by atoms with Crippen molar-refractivity contribution in [2.75, 3.05) is 0 Å². The highest BCUT2D eigenvalue weighted by molar-refractivity contribution is 5.71. The number of unbranched alkanes of at least 4 members (excludes halogenated alkanes) is 2. The highest BCUT2D eigenvalue weighted by Gasteiger charge is 2.02. The van der Waals surface area contributed by atoms with E-state index in [-0.39, 0.29) is 0 Å². The molecule has 80 valence electrons. The van der Waals surface area contributed by atoms with Gasteiger partial charge in [-0.05, 0) is 24.5 Å². The van der Waals surface area contributed by atoms with Gasteiger partial charge in [0, 0.05) is 13.2 Å². The van der Waals surface area contributed by atoms with Gasteiger partial charge in [-0.2, -0.15) is 0 Å². The first kappa shape index (κ1) is 10.1. The lowest BCUT2D eigenvalue weighted by Gasteiger charge is -2.01. The zero-order chi connectivity index (χ0) is 10.7. The summed E-state index contributed by atoms with van der Waals surface area (Å²) in [4.78, 5) is 8.56. The van der Waals surface area contributed by atoms with Crippen LogP contribution in [0, 0.1) is 0 Å². The molecule has 0 aliphatic heterocycles. The fraction of sp³-hybridized carbons (Fsp3) is 0.500. The number of hydrogen-bond acceptors (Lipinski definition) is 2. The summed E-state index contributed by atoms with van der Waals surface area (Å²) in [7, 11) is 2.01. The summed E-state index contributed by atoms with van der Waals surface area (Å²) in [6.07, 6.45) is 8.70. The minimum Gasteiger partial charge on any atom is -0.332 e. The van der Waals surface area contributed by atoms with E-state index in [0.29, 0.717) is 0 Å². The molecule has 2 rings (SSSR count). The molecular weight excluding hydrogens is 186 g/mol. The van der Waals surface area contributed by atoms with E-state index >= 15 is 0 Å². The molecule has 0 atom stereocenters. The fourth-order valence-corrected chi connectivity index (χ4v) is 1.77. The monoisotopic (exact) mass is 203 g/mol. The minimum absolute atomic E-state index is 0.844. The lowest BCUT2D eigenvalue weighted by molar-refractivity contribution is 0.716. The number of aromatic nitrogens is 3. The molecule has 2 aromatic rings. The van der Waals surface area contributed by atoms with Crippen LogP contribution < -0.4 is 0 Å². The van der Waals surface area contributed by atoms with Crippen LogP contribution in [0.3, 0.4) is 0 Å². The van der Waals surface area contributed by atoms with Gasteiger partial charge in [0.1, 0.15) is 0 Å². The van der Waals surface area contributed by atoms with E-state index in [0.717, 1.165) is 17.6 Å². The number of fused-ring (bicyclic) bond motifs is 1. The zero-order valence-electron chi connectivity index (χ0n) is 9.40. The van der Waals surface area contributed by atoms with E-state index in [1.807, 2.05) is 24.1 Å². The molecule has 0 bridgehead atoms. The van der Waals surface area contributed by atoms with Gasteiger partial charge >= 0.3 is 0 Å². The second-order valence-corrected chi connectivity index (χ2v) is 4.00. The van der Waals surface area contributed by atoms with Crippen molar-refractivity contribution in [2.24, 2.45) is 7.05 Å². The van der Waals surface area contributed by atoms with Crippen molar-refractivity contribution in [3.8, 4) is 0 Å². The third kappa shape index (κ3) is 2.17. The van der Waals surface area contributed by atoms with Crippen molar-refractivity contribution in [3.63, 3.8) is 0 Å². The molecular formula is C12H17N3. The van der Waals surface area contributed by atoms with Gasteiger partial charge in [-0.15, -0.1) is 0 Å². The van der Waals surface area contributed by atoms with Crippen molar-refractivity contribution in [2.45, 2.75) is 32.6 Å². The number of aryl methyl sites for hydroxylation is 2. The molecule has 3 nitrogen and oxygen atoms in total. The first-order valence-electron chi connectivity index (χ1n) is 5.57. The lowest BCUT2D eigenvalue weighted by Crippen LogP contribution is -1.90. The van der Waals surface area contributed by atoms with E-state index in [2.05, 4.69) is 23.0 Å².